The van der Waals surface area contributed by atoms with Crippen molar-refractivity contribution < 1.29 is 18.0 Å². The minimum Gasteiger partial charge on any atom is -0.292 e. The van der Waals surface area contributed by atoms with E-state index in [2.05, 4.69) is 10.3 Å². The molecule has 1 aromatic heterocycles. The molecule has 0 amide bonds. The van der Waals surface area contributed by atoms with Gasteiger partial charge in [-0.05, 0) is 17.4 Å². The van der Waals surface area contributed by atoms with Gasteiger partial charge in [-0.25, -0.2) is 0 Å². The number of hydrogen-bond acceptors (Lipinski definition) is 3. The Hall–Kier alpha value is -0.590. The number of thiophene rings is 1. The maximum Gasteiger partial charge on any atom is 0.413 e. The van der Waals surface area contributed by atoms with E-state index in [1.165, 1.54) is 11.3 Å². The van der Waals surface area contributed by atoms with Crippen LogP contribution in [-0.4, -0.2) is 12.8 Å². The molecule has 0 fully saturated rings. The van der Waals surface area contributed by atoms with Gasteiger partial charge in [-0.3, -0.25) is 4.84 Å². The van der Waals surface area contributed by atoms with Crippen molar-refractivity contribution >= 4 is 11.3 Å². The van der Waals surface area contributed by atoms with Crippen molar-refractivity contribution in [3.05, 3.63) is 22.4 Å². The molecule has 0 aliphatic rings. The second kappa shape index (κ2) is 5.65. The van der Waals surface area contributed by atoms with Gasteiger partial charge < -0.3 is 0 Å². The van der Waals surface area contributed by atoms with E-state index in [4.69, 9.17) is 0 Å². The lowest BCUT2D eigenvalue weighted by atomic mass is 10.0. The van der Waals surface area contributed by atoms with Crippen molar-refractivity contribution in [2.24, 2.45) is 5.92 Å². The Bertz CT molecular complexity index is 298. The second-order valence-electron chi connectivity index (χ2n) is 3.76. The Morgan fingerprint density at radius 1 is 1.44 bits per heavy atom. The van der Waals surface area contributed by atoms with E-state index in [1.54, 1.807) is 0 Å². The van der Waals surface area contributed by atoms with Crippen molar-refractivity contribution in [1.29, 1.82) is 0 Å². The Kier molecular flexibility index (Phi) is 4.76. The summed E-state index contributed by atoms with van der Waals surface area (Å²) in [6.07, 6.45) is -4.30. The Balaban J connectivity index is 2.48. The molecule has 6 heteroatoms. The minimum atomic E-state index is -4.30. The highest BCUT2D eigenvalue weighted by Crippen LogP contribution is 2.26. The number of hydrogen-bond donors (Lipinski definition) is 1. The van der Waals surface area contributed by atoms with Crippen LogP contribution in [0.25, 0.3) is 0 Å². The molecule has 1 atom stereocenters. The molecular formula is C10H14F3NOS. The molecule has 16 heavy (non-hydrogen) atoms. The minimum absolute atomic E-state index is 0.159. The zero-order valence-electron chi connectivity index (χ0n) is 9.04. The van der Waals surface area contributed by atoms with Crippen molar-refractivity contribution in [2.75, 3.05) is 6.61 Å². The quantitative estimate of drug-likeness (QED) is 0.810. The monoisotopic (exact) mass is 253 g/mol. The average Bonchev–Trinajstić information content (AvgIpc) is 2.62. The Morgan fingerprint density at radius 2 is 2.12 bits per heavy atom. The van der Waals surface area contributed by atoms with Crippen LogP contribution in [-0.2, 0) is 4.84 Å². The predicted octanol–water partition coefficient (Wildman–Crippen LogP) is 3.53. The van der Waals surface area contributed by atoms with E-state index in [1.807, 2.05) is 31.4 Å². The van der Waals surface area contributed by atoms with Crippen LogP contribution < -0.4 is 5.48 Å². The Morgan fingerprint density at radius 3 is 2.56 bits per heavy atom. The zero-order valence-corrected chi connectivity index (χ0v) is 9.86. The number of alkyl halides is 3. The first-order chi connectivity index (χ1) is 7.40. The lowest BCUT2D eigenvalue weighted by Gasteiger charge is -2.21. The second-order valence-corrected chi connectivity index (χ2v) is 4.74. The first-order valence-electron chi connectivity index (χ1n) is 4.87. The molecule has 1 aromatic rings. The summed E-state index contributed by atoms with van der Waals surface area (Å²) in [7, 11) is 0. The van der Waals surface area contributed by atoms with E-state index in [0.29, 0.717) is 0 Å². The third-order valence-electron chi connectivity index (χ3n) is 1.96. The summed E-state index contributed by atoms with van der Waals surface area (Å²) in [5.41, 5.74) is 2.47. The summed E-state index contributed by atoms with van der Waals surface area (Å²) in [6, 6.07) is 3.53. The summed E-state index contributed by atoms with van der Waals surface area (Å²) in [5, 5.41) is 1.89. The molecule has 1 unspecified atom stereocenters. The van der Waals surface area contributed by atoms with Gasteiger partial charge in [0.2, 0.25) is 0 Å². The van der Waals surface area contributed by atoms with E-state index in [0.717, 1.165) is 4.88 Å². The third kappa shape index (κ3) is 4.51. The van der Waals surface area contributed by atoms with Crippen molar-refractivity contribution in [3.8, 4) is 0 Å². The molecule has 1 N–H and O–H groups in total. The van der Waals surface area contributed by atoms with Gasteiger partial charge in [0, 0.05) is 4.88 Å². The van der Waals surface area contributed by atoms with Gasteiger partial charge in [0.1, 0.15) is 0 Å². The summed E-state index contributed by atoms with van der Waals surface area (Å²) >= 11 is 1.49. The maximum atomic E-state index is 11.9. The molecule has 1 heterocycles. The summed E-state index contributed by atoms with van der Waals surface area (Å²) in [6.45, 7) is 2.57. The number of hydroxylamine groups is 1. The number of rotatable bonds is 5. The van der Waals surface area contributed by atoms with Crippen LogP contribution in [0.15, 0.2) is 17.5 Å². The Labute approximate surface area is 96.4 Å². The zero-order chi connectivity index (χ0) is 12.2. The van der Waals surface area contributed by atoms with Gasteiger partial charge in [0.15, 0.2) is 6.61 Å². The molecule has 1 rings (SSSR count). The van der Waals surface area contributed by atoms with Gasteiger partial charge in [0.05, 0.1) is 6.04 Å². The fourth-order valence-electron chi connectivity index (χ4n) is 1.20. The lowest BCUT2D eigenvalue weighted by Crippen LogP contribution is -2.30. The molecule has 0 radical (unpaired) electrons. The van der Waals surface area contributed by atoms with Gasteiger partial charge in [-0.2, -0.15) is 18.7 Å². The van der Waals surface area contributed by atoms with Crippen molar-refractivity contribution in [2.45, 2.75) is 26.1 Å². The molecule has 0 bridgehead atoms. The summed E-state index contributed by atoms with van der Waals surface area (Å²) in [5.74, 6) is 0.159. The lowest BCUT2D eigenvalue weighted by molar-refractivity contribution is -0.194. The van der Waals surface area contributed by atoms with Crippen LogP contribution in [0.5, 0.6) is 0 Å². The normalized spacial score (nSPS) is 14.4. The first kappa shape index (κ1) is 13.5. The standard InChI is InChI=1S/C10H14F3NOS/c1-7(2)9(8-4-3-5-16-8)14-15-6-10(11,12)13/h3-5,7,9,14H,6H2,1-2H3. The highest BCUT2D eigenvalue weighted by atomic mass is 32.1. The highest BCUT2D eigenvalue weighted by Gasteiger charge is 2.28. The fraction of sp³-hybridized carbons (Fsp3) is 0.600. The van der Waals surface area contributed by atoms with Crippen LogP contribution in [0.3, 0.4) is 0 Å². The van der Waals surface area contributed by atoms with E-state index in [-0.39, 0.29) is 12.0 Å². The topological polar surface area (TPSA) is 21.3 Å². The fourth-order valence-corrected chi connectivity index (χ4v) is 2.14. The molecule has 0 spiro atoms. The van der Waals surface area contributed by atoms with Crippen LogP contribution >= 0.6 is 11.3 Å². The maximum absolute atomic E-state index is 11.9. The SMILES string of the molecule is CC(C)C(NOCC(F)(F)F)c1cccs1. The average molecular weight is 253 g/mol. The van der Waals surface area contributed by atoms with Crippen molar-refractivity contribution in [1.82, 2.24) is 5.48 Å². The van der Waals surface area contributed by atoms with Crippen molar-refractivity contribution in [3.63, 3.8) is 0 Å². The molecule has 92 valence electrons. The number of nitrogens with one attached hydrogen (secondary N) is 1. The van der Waals surface area contributed by atoms with Gasteiger partial charge in [0.25, 0.3) is 0 Å². The smallest absolute Gasteiger partial charge is 0.292 e. The molecule has 0 aliphatic carbocycles. The van der Waals surface area contributed by atoms with E-state index >= 15 is 0 Å². The van der Waals surface area contributed by atoms with Gasteiger partial charge in [-0.1, -0.05) is 19.9 Å². The van der Waals surface area contributed by atoms with Crippen LogP contribution in [0.4, 0.5) is 13.2 Å². The van der Waals surface area contributed by atoms with E-state index in [9.17, 15) is 13.2 Å². The molecule has 0 saturated heterocycles. The summed E-state index contributed by atoms with van der Waals surface area (Å²) < 4.78 is 35.7. The van der Waals surface area contributed by atoms with Gasteiger partial charge in [-0.15, -0.1) is 11.3 Å². The largest absolute Gasteiger partial charge is 0.413 e. The molecule has 0 saturated carbocycles. The summed E-state index contributed by atoms with van der Waals surface area (Å²) in [4.78, 5) is 5.45. The molecular weight excluding hydrogens is 239 g/mol. The van der Waals surface area contributed by atoms with Crippen LogP contribution in [0.2, 0.25) is 0 Å². The molecule has 2 nitrogen and oxygen atoms in total. The van der Waals surface area contributed by atoms with Gasteiger partial charge >= 0.3 is 6.18 Å². The molecule has 0 aromatic carbocycles. The van der Waals surface area contributed by atoms with Crippen LogP contribution in [0, 0.1) is 5.92 Å². The number of halogens is 3. The highest BCUT2D eigenvalue weighted by molar-refractivity contribution is 7.10. The third-order valence-corrected chi connectivity index (χ3v) is 2.92. The van der Waals surface area contributed by atoms with Crippen LogP contribution in [0.1, 0.15) is 24.8 Å². The predicted molar refractivity (Wildman–Crippen MR) is 57.0 cm³/mol. The van der Waals surface area contributed by atoms with E-state index < -0.39 is 12.8 Å². The molecule has 0 aliphatic heterocycles. The first-order valence-corrected chi connectivity index (χ1v) is 5.75.